The number of benzene rings is 1. The van der Waals surface area contributed by atoms with Gasteiger partial charge in [-0.1, -0.05) is 104 Å². The highest BCUT2D eigenvalue weighted by molar-refractivity contribution is 6.01. The fourth-order valence-electron chi connectivity index (χ4n) is 4.86. The van der Waals surface area contributed by atoms with E-state index in [2.05, 4.69) is 24.5 Å². The number of anilines is 1. The van der Waals surface area contributed by atoms with Gasteiger partial charge in [-0.15, -0.1) is 0 Å². The molecule has 0 aliphatic rings. The maximum absolute atomic E-state index is 13.1. The molecule has 0 bridgehead atoms. The maximum atomic E-state index is 13.1. The van der Waals surface area contributed by atoms with Crippen molar-refractivity contribution in [3.63, 3.8) is 0 Å². The molecule has 0 atom stereocenters. The van der Waals surface area contributed by atoms with Crippen molar-refractivity contribution < 1.29 is 28.7 Å². The molecule has 244 valence electrons. The molecule has 0 fully saturated rings. The summed E-state index contributed by atoms with van der Waals surface area (Å²) in [7, 11) is 2.52. The topological polar surface area (TPSA) is 114 Å². The Balaban J connectivity index is 2.89. The van der Waals surface area contributed by atoms with Gasteiger partial charge in [0.25, 0.3) is 11.8 Å². The molecular weight excluding hydrogens is 546 g/mol. The number of methoxy groups -OCH3 is 2. The number of nitrogens with one attached hydrogen (secondary N) is 2. The molecule has 1 rings (SSSR count). The third-order valence-corrected chi connectivity index (χ3v) is 7.53. The first kappa shape index (κ1) is 37.9. The Morgan fingerprint density at radius 1 is 0.558 bits per heavy atom. The number of hydrogen-bond acceptors (Lipinski definition) is 7. The van der Waals surface area contributed by atoms with E-state index in [4.69, 9.17) is 9.47 Å². The molecule has 0 unspecified atom stereocenters. The highest BCUT2D eigenvalue weighted by Crippen LogP contribution is 2.21. The van der Waals surface area contributed by atoms with E-state index >= 15 is 0 Å². The van der Waals surface area contributed by atoms with E-state index in [9.17, 15) is 19.2 Å². The fourth-order valence-corrected chi connectivity index (χ4v) is 4.86. The summed E-state index contributed by atoms with van der Waals surface area (Å²) in [5.74, 6) is -1.74. The van der Waals surface area contributed by atoms with Gasteiger partial charge >= 0.3 is 11.9 Å². The molecule has 0 heterocycles. The molecule has 1 aromatic rings. The quantitative estimate of drug-likeness (QED) is 0.0958. The number of ether oxygens (including phenoxy) is 2. The normalized spacial score (nSPS) is 10.7. The van der Waals surface area contributed by atoms with Gasteiger partial charge in [0.05, 0.1) is 14.2 Å². The van der Waals surface area contributed by atoms with E-state index < -0.39 is 11.9 Å². The van der Waals surface area contributed by atoms with Crippen LogP contribution in [0.1, 0.15) is 137 Å². The Morgan fingerprint density at radius 3 is 1.26 bits per heavy atom. The van der Waals surface area contributed by atoms with Crippen molar-refractivity contribution >= 4 is 29.4 Å². The number of unbranched alkanes of at least 4 members (excludes halogenated alkanes) is 14. The SMILES string of the molecule is CCCCCCCCCCNC(=O)c1cc(C(=O)NCCCCCCCCCC)cc(N(CC(=O)OC)CC(=O)OC)c1. The van der Waals surface area contributed by atoms with Crippen LogP contribution in [-0.4, -0.2) is 64.2 Å². The van der Waals surface area contributed by atoms with E-state index in [1.807, 2.05) is 0 Å². The van der Waals surface area contributed by atoms with Crippen molar-refractivity contribution in [3.05, 3.63) is 29.3 Å². The minimum Gasteiger partial charge on any atom is -0.468 e. The third-order valence-electron chi connectivity index (χ3n) is 7.53. The van der Waals surface area contributed by atoms with Gasteiger partial charge < -0.3 is 25.0 Å². The highest BCUT2D eigenvalue weighted by atomic mass is 16.5. The lowest BCUT2D eigenvalue weighted by Gasteiger charge is -2.23. The second-order valence-corrected chi connectivity index (χ2v) is 11.2. The van der Waals surface area contributed by atoms with Crippen LogP contribution in [0.2, 0.25) is 0 Å². The van der Waals surface area contributed by atoms with Gasteiger partial charge in [-0.3, -0.25) is 19.2 Å². The number of nitrogens with zero attached hydrogens (tertiary/aromatic N) is 1. The second kappa shape index (κ2) is 24.4. The summed E-state index contributed by atoms with van der Waals surface area (Å²) >= 11 is 0. The molecule has 0 aliphatic carbocycles. The fraction of sp³-hybridized carbons (Fsp3) is 0.706. The van der Waals surface area contributed by atoms with Crippen LogP contribution in [0.15, 0.2) is 18.2 Å². The first-order valence-electron chi connectivity index (χ1n) is 16.5. The second-order valence-electron chi connectivity index (χ2n) is 11.2. The molecule has 0 aromatic heterocycles. The summed E-state index contributed by atoms with van der Waals surface area (Å²) in [4.78, 5) is 52.0. The molecule has 0 aliphatic heterocycles. The van der Waals surface area contributed by atoms with Crippen LogP contribution in [0.5, 0.6) is 0 Å². The zero-order chi connectivity index (χ0) is 31.7. The molecule has 0 spiro atoms. The highest BCUT2D eigenvalue weighted by Gasteiger charge is 2.20. The van der Waals surface area contributed by atoms with Crippen LogP contribution in [0.25, 0.3) is 0 Å². The molecule has 9 heteroatoms. The van der Waals surface area contributed by atoms with Gasteiger partial charge in [-0.2, -0.15) is 0 Å². The molecule has 0 radical (unpaired) electrons. The van der Waals surface area contributed by atoms with Crippen molar-refractivity contribution in [2.45, 2.75) is 117 Å². The lowest BCUT2D eigenvalue weighted by molar-refractivity contribution is -0.140. The monoisotopic (exact) mass is 603 g/mol. The molecule has 1 aromatic carbocycles. The molecule has 2 N–H and O–H groups in total. The minimum atomic E-state index is -0.561. The molecule has 43 heavy (non-hydrogen) atoms. The third kappa shape index (κ3) is 17.6. The van der Waals surface area contributed by atoms with Crippen LogP contribution >= 0.6 is 0 Å². The van der Waals surface area contributed by atoms with Gasteiger partial charge in [0.1, 0.15) is 13.1 Å². The predicted molar refractivity (Wildman–Crippen MR) is 173 cm³/mol. The average molecular weight is 604 g/mol. The molecule has 9 nitrogen and oxygen atoms in total. The Bertz CT molecular complexity index is 882. The van der Waals surface area contributed by atoms with Crippen molar-refractivity contribution in [3.8, 4) is 0 Å². The lowest BCUT2D eigenvalue weighted by atomic mass is 10.1. The van der Waals surface area contributed by atoms with Crippen LogP contribution in [0.4, 0.5) is 5.69 Å². The van der Waals surface area contributed by atoms with Crippen LogP contribution in [-0.2, 0) is 19.1 Å². The van der Waals surface area contributed by atoms with Gasteiger partial charge in [0.2, 0.25) is 0 Å². The van der Waals surface area contributed by atoms with E-state index in [1.54, 1.807) is 18.2 Å². The van der Waals surface area contributed by atoms with Gasteiger partial charge in [0.15, 0.2) is 0 Å². The Morgan fingerprint density at radius 2 is 0.907 bits per heavy atom. The summed E-state index contributed by atoms with van der Waals surface area (Å²) in [5.41, 5.74) is 0.954. The minimum absolute atomic E-state index is 0.242. The molecule has 2 amide bonds. The summed E-state index contributed by atoms with van der Waals surface area (Å²) < 4.78 is 9.61. The Labute approximate surface area is 259 Å². The largest absolute Gasteiger partial charge is 0.468 e. The first-order chi connectivity index (χ1) is 20.9. The Kier molecular flexibility index (Phi) is 21.5. The number of carbonyl (C=O) groups excluding carboxylic acids is 4. The van der Waals surface area contributed by atoms with Crippen molar-refractivity contribution in [2.75, 3.05) is 45.3 Å². The van der Waals surface area contributed by atoms with Gasteiger partial charge in [-0.05, 0) is 31.0 Å². The smallest absolute Gasteiger partial charge is 0.325 e. The van der Waals surface area contributed by atoms with Crippen molar-refractivity contribution in [2.24, 2.45) is 0 Å². The Hall–Kier alpha value is -3.10. The number of hydrogen-bond donors (Lipinski definition) is 2. The first-order valence-corrected chi connectivity index (χ1v) is 16.5. The number of esters is 2. The van der Waals surface area contributed by atoms with E-state index in [0.717, 1.165) is 38.5 Å². The van der Waals surface area contributed by atoms with Crippen LogP contribution < -0.4 is 15.5 Å². The standard InChI is InChI=1S/C34H57N3O6/c1-5-7-9-11-13-15-17-19-21-35-33(40)28-23-29(34(41)36-22-20-18-16-14-12-10-8-6-2)25-30(24-28)37(26-31(38)42-3)27-32(39)43-4/h23-25H,5-22,26-27H2,1-4H3,(H,35,40)(H,36,41). The molecule has 0 saturated heterocycles. The van der Waals surface area contributed by atoms with E-state index in [-0.39, 0.29) is 36.0 Å². The summed E-state index contributed by atoms with van der Waals surface area (Å²) in [6.45, 7) is 5.00. The predicted octanol–water partition coefficient (Wildman–Crippen LogP) is 6.58. The van der Waals surface area contributed by atoms with E-state index in [0.29, 0.717) is 18.8 Å². The molecule has 0 saturated carbocycles. The van der Waals surface area contributed by atoms with Crippen molar-refractivity contribution in [1.82, 2.24) is 10.6 Å². The summed E-state index contributed by atoms with van der Waals surface area (Å²) in [6.07, 6.45) is 18.7. The summed E-state index contributed by atoms with van der Waals surface area (Å²) in [6, 6.07) is 4.73. The lowest BCUT2D eigenvalue weighted by Crippen LogP contribution is -2.36. The van der Waals surface area contributed by atoms with Gasteiger partial charge in [0, 0.05) is 29.9 Å². The number of rotatable bonds is 25. The zero-order valence-electron chi connectivity index (χ0n) is 27.3. The zero-order valence-corrected chi connectivity index (χ0v) is 27.3. The van der Waals surface area contributed by atoms with Crippen LogP contribution in [0, 0.1) is 0 Å². The van der Waals surface area contributed by atoms with Gasteiger partial charge in [-0.25, -0.2) is 0 Å². The number of carbonyl (C=O) groups is 4. The van der Waals surface area contributed by atoms with Crippen LogP contribution in [0.3, 0.4) is 0 Å². The summed E-state index contributed by atoms with van der Waals surface area (Å²) in [5, 5.41) is 5.92. The maximum Gasteiger partial charge on any atom is 0.325 e. The van der Waals surface area contributed by atoms with E-state index in [1.165, 1.54) is 83.3 Å². The average Bonchev–Trinajstić information content (AvgIpc) is 3.02. The van der Waals surface area contributed by atoms with Crippen molar-refractivity contribution in [1.29, 1.82) is 0 Å². The number of amides is 2. The molecular formula is C34H57N3O6.